The largest absolute Gasteiger partial charge is 0.494 e. The van der Waals surface area contributed by atoms with Crippen LogP contribution in [0.5, 0.6) is 5.75 Å². The molecule has 25 heavy (non-hydrogen) atoms. The molecule has 128 valence electrons. The van der Waals surface area contributed by atoms with Crippen molar-refractivity contribution in [2.24, 2.45) is 0 Å². The van der Waals surface area contributed by atoms with Crippen LogP contribution < -0.4 is 15.4 Å². The summed E-state index contributed by atoms with van der Waals surface area (Å²) < 4.78 is 5.41. The highest BCUT2D eigenvalue weighted by atomic mass is 16.5. The molecule has 0 fully saturated rings. The van der Waals surface area contributed by atoms with Gasteiger partial charge in [0.15, 0.2) is 0 Å². The van der Waals surface area contributed by atoms with Crippen LogP contribution in [0.1, 0.15) is 22.8 Å². The molecule has 0 spiro atoms. The van der Waals surface area contributed by atoms with Gasteiger partial charge in [-0.2, -0.15) is 0 Å². The van der Waals surface area contributed by atoms with Crippen LogP contribution in [0.3, 0.4) is 0 Å². The average Bonchev–Trinajstić information content (AvgIpc) is 2.67. The third kappa shape index (κ3) is 3.13. The van der Waals surface area contributed by atoms with Crippen molar-refractivity contribution in [3.05, 3.63) is 59.8 Å². The highest BCUT2D eigenvalue weighted by Gasteiger charge is 2.17. The Morgan fingerprint density at radius 2 is 1.96 bits per heavy atom. The Bertz CT molecular complexity index is 922. The maximum atomic E-state index is 12.4. The predicted octanol–water partition coefficient (Wildman–Crippen LogP) is 3.91. The Morgan fingerprint density at radius 1 is 1.16 bits per heavy atom. The first-order valence-electron chi connectivity index (χ1n) is 8.22. The van der Waals surface area contributed by atoms with Crippen LogP contribution in [-0.2, 0) is 6.42 Å². The molecule has 0 saturated heterocycles. The molecule has 5 heteroatoms. The number of benzene rings is 2. The molecule has 2 aromatic carbocycles. The Hall–Kier alpha value is -3.08. The van der Waals surface area contributed by atoms with Gasteiger partial charge in [-0.1, -0.05) is 37.3 Å². The minimum absolute atomic E-state index is 0.186. The number of carbonyl (C=O) groups is 1. The minimum Gasteiger partial charge on any atom is -0.494 e. The van der Waals surface area contributed by atoms with E-state index in [1.54, 1.807) is 20.4 Å². The van der Waals surface area contributed by atoms with E-state index in [1.165, 1.54) is 5.56 Å². The Kier molecular flexibility index (Phi) is 4.84. The van der Waals surface area contributed by atoms with E-state index in [4.69, 9.17) is 4.74 Å². The molecule has 2 N–H and O–H groups in total. The number of aromatic nitrogens is 1. The van der Waals surface area contributed by atoms with Crippen LogP contribution >= 0.6 is 0 Å². The lowest BCUT2D eigenvalue weighted by molar-refractivity contribution is 0.0963. The predicted molar refractivity (Wildman–Crippen MR) is 101 cm³/mol. The van der Waals surface area contributed by atoms with Crippen LogP contribution in [0.4, 0.5) is 11.4 Å². The summed E-state index contributed by atoms with van der Waals surface area (Å²) in [7, 11) is 3.23. The second-order valence-electron chi connectivity index (χ2n) is 5.62. The zero-order valence-electron chi connectivity index (χ0n) is 14.6. The highest BCUT2D eigenvalue weighted by molar-refractivity contribution is 6.09. The lowest BCUT2D eigenvalue weighted by Crippen LogP contribution is -2.19. The van der Waals surface area contributed by atoms with Gasteiger partial charge in [0.2, 0.25) is 0 Å². The second-order valence-corrected chi connectivity index (χ2v) is 5.62. The molecule has 5 nitrogen and oxygen atoms in total. The maximum absolute atomic E-state index is 12.4. The van der Waals surface area contributed by atoms with Crippen LogP contribution in [0, 0.1) is 0 Å². The summed E-state index contributed by atoms with van der Waals surface area (Å²) in [5.74, 6) is 0.487. The van der Waals surface area contributed by atoms with E-state index in [2.05, 4.69) is 28.6 Å². The smallest absolute Gasteiger partial charge is 0.254 e. The standard InChI is InChI=1S/C20H21N3O2/c1-4-13-8-5-6-10-16(13)23-18-14-9-7-11-17(25-3)19(14)22-12-15(18)20(24)21-2/h5-12H,4H2,1-3H3,(H,21,24)(H,22,23). The number of carbonyl (C=O) groups excluding carboxylic acids is 1. The topological polar surface area (TPSA) is 63.2 Å². The SMILES string of the molecule is CCc1ccccc1Nc1c(C(=O)NC)cnc2c(OC)cccc12. The van der Waals surface area contributed by atoms with Crippen molar-refractivity contribution in [3.63, 3.8) is 0 Å². The summed E-state index contributed by atoms with van der Waals surface area (Å²) in [5, 5.41) is 6.96. The van der Waals surface area contributed by atoms with Crippen LogP contribution in [0.2, 0.25) is 0 Å². The number of ether oxygens (including phenoxy) is 1. The van der Waals surface area contributed by atoms with Gasteiger partial charge in [0.05, 0.1) is 18.4 Å². The Morgan fingerprint density at radius 3 is 2.68 bits per heavy atom. The van der Waals surface area contributed by atoms with Crippen molar-refractivity contribution in [1.82, 2.24) is 10.3 Å². The fourth-order valence-electron chi connectivity index (χ4n) is 2.89. The number of fused-ring (bicyclic) bond motifs is 1. The van der Waals surface area contributed by atoms with Crippen molar-refractivity contribution in [2.75, 3.05) is 19.5 Å². The lowest BCUT2D eigenvalue weighted by atomic mass is 10.1. The molecule has 0 atom stereocenters. The summed E-state index contributed by atoms with van der Waals surface area (Å²) in [5.41, 5.74) is 4.09. The van der Waals surface area contributed by atoms with Gasteiger partial charge < -0.3 is 15.4 Å². The van der Waals surface area contributed by atoms with E-state index in [-0.39, 0.29) is 5.91 Å². The van der Waals surface area contributed by atoms with Gasteiger partial charge >= 0.3 is 0 Å². The van der Waals surface area contributed by atoms with E-state index < -0.39 is 0 Å². The third-order valence-corrected chi connectivity index (χ3v) is 4.21. The fourth-order valence-corrected chi connectivity index (χ4v) is 2.89. The number of nitrogens with one attached hydrogen (secondary N) is 2. The van der Waals surface area contributed by atoms with Crippen molar-refractivity contribution in [2.45, 2.75) is 13.3 Å². The number of methoxy groups -OCH3 is 1. The zero-order chi connectivity index (χ0) is 17.8. The molecule has 1 amide bonds. The first kappa shape index (κ1) is 16.8. The number of hydrogen-bond donors (Lipinski definition) is 2. The molecule has 3 rings (SSSR count). The molecule has 0 saturated carbocycles. The van der Waals surface area contributed by atoms with E-state index >= 15 is 0 Å². The monoisotopic (exact) mass is 335 g/mol. The van der Waals surface area contributed by atoms with Gasteiger partial charge in [0.1, 0.15) is 11.3 Å². The quantitative estimate of drug-likeness (QED) is 0.742. The van der Waals surface area contributed by atoms with Crippen LogP contribution in [-0.4, -0.2) is 25.0 Å². The number of rotatable bonds is 5. The Labute approximate surface area is 147 Å². The number of para-hydroxylation sites is 2. The van der Waals surface area contributed by atoms with Gasteiger partial charge in [-0.3, -0.25) is 9.78 Å². The molecule has 0 bridgehead atoms. The second kappa shape index (κ2) is 7.21. The summed E-state index contributed by atoms with van der Waals surface area (Å²) >= 11 is 0. The van der Waals surface area contributed by atoms with Gasteiger partial charge in [-0.25, -0.2) is 0 Å². The molecule has 3 aromatic rings. The minimum atomic E-state index is -0.186. The van der Waals surface area contributed by atoms with E-state index in [1.807, 2.05) is 36.4 Å². The molecule has 0 aliphatic carbocycles. The zero-order valence-corrected chi connectivity index (χ0v) is 14.6. The normalized spacial score (nSPS) is 10.5. The molecular weight excluding hydrogens is 314 g/mol. The number of pyridine rings is 1. The van der Waals surface area contributed by atoms with Gasteiger partial charge in [-0.05, 0) is 24.1 Å². The van der Waals surface area contributed by atoms with Crippen LogP contribution in [0.25, 0.3) is 10.9 Å². The summed E-state index contributed by atoms with van der Waals surface area (Å²) in [6.45, 7) is 2.11. The van der Waals surface area contributed by atoms with Gasteiger partial charge in [0, 0.05) is 24.3 Å². The van der Waals surface area contributed by atoms with Crippen LogP contribution in [0.15, 0.2) is 48.7 Å². The van der Waals surface area contributed by atoms with E-state index in [0.29, 0.717) is 16.8 Å². The van der Waals surface area contributed by atoms with Crippen molar-refractivity contribution in [1.29, 1.82) is 0 Å². The molecule has 0 aliphatic heterocycles. The number of hydrogen-bond acceptors (Lipinski definition) is 4. The van der Waals surface area contributed by atoms with Gasteiger partial charge in [-0.15, -0.1) is 0 Å². The summed E-state index contributed by atoms with van der Waals surface area (Å²) in [6.07, 6.45) is 2.48. The fraction of sp³-hybridized carbons (Fsp3) is 0.200. The number of aryl methyl sites for hydroxylation is 1. The van der Waals surface area contributed by atoms with Crippen molar-refractivity contribution in [3.8, 4) is 5.75 Å². The summed E-state index contributed by atoms with van der Waals surface area (Å²) in [4.78, 5) is 16.8. The van der Waals surface area contributed by atoms with E-state index in [9.17, 15) is 4.79 Å². The average molecular weight is 335 g/mol. The lowest BCUT2D eigenvalue weighted by Gasteiger charge is -2.17. The molecule has 0 unspecified atom stereocenters. The van der Waals surface area contributed by atoms with Gasteiger partial charge in [0.25, 0.3) is 5.91 Å². The van der Waals surface area contributed by atoms with Crippen molar-refractivity contribution < 1.29 is 9.53 Å². The highest BCUT2D eigenvalue weighted by Crippen LogP contribution is 2.34. The molecule has 1 aromatic heterocycles. The van der Waals surface area contributed by atoms with Crippen molar-refractivity contribution >= 4 is 28.2 Å². The number of nitrogens with zero attached hydrogens (tertiary/aromatic N) is 1. The Balaban J connectivity index is 2.24. The third-order valence-electron chi connectivity index (χ3n) is 4.21. The number of amides is 1. The number of anilines is 2. The molecule has 0 aliphatic rings. The molecule has 0 radical (unpaired) electrons. The van der Waals surface area contributed by atoms with E-state index in [0.717, 1.165) is 23.2 Å². The molecular formula is C20H21N3O2. The first-order chi connectivity index (χ1) is 12.2. The first-order valence-corrected chi connectivity index (χ1v) is 8.22. The summed E-state index contributed by atoms with van der Waals surface area (Å²) in [6, 6.07) is 13.8. The molecule has 1 heterocycles. The maximum Gasteiger partial charge on any atom is 0.254 e.